The number of piperidine rings is 2. The van der Waals surface area contributed by atoms with Gasteiger partial charge in [0, 0.05) is 24.9 Å². The summed E-state index contributed by atoms with van der Waals surface area (Å²) < 4.78 is 12.6. The Balaban J connectivity index is 2.03. The maximum atomic E-state index is 12.6. The van der Waals surface area contributed by atoms with Crippen molar-refractivity contribution < 1.29 is 4.39 Å². The third kappa shape index (κ3) is 0.440. The molecule has 2 bridgehead atoms. The Morgan fingerprint density at radius 3 is 2.12 bits per heavy atom. The maximum Gasteiger partial charge on any atom is 0.108 e. The second kappa shape index (κ2) is 1.44. The van der Waals surface area contributed by atoms with Gasteiger partial charge < -0.3 is 5.32 Å². The van der Waals surface area contributed by atoms with Crippen LogP contribution in [-0.2, 0) is 0 Å². The molecule has 1 saturated carbocycles. The van der Waals surface area contributed by atoms with E-state index in [1.54, 1.807) is 0 Å². The number of alkyl halides is 1. The third-order valence-electron chi connectivity index (χ3n) is 2.32. The van der Waals surface area contributed by atoms with Crippen LogP contribution in [0, 0.1) is 11.8 Å². The molecule has 2 saturated heterocycles. The van der Waals surface area contributed by atoms with E-state index in [9.17, 15) is 4.39 Å². The van der Waals surface area contributed by atoms with Crippen molar-refractivity contribution in [3.63, 3.8) is 0 Å². The van der Waals surface area contributed by atoms with Crippen molar-refractivity contribution in [3.8, 4) is 0 Å². The van der Waals surface area contributed by atoms with E-state index in [0.29, 0.717) is 11.8 Å². The van der Waals surface area contributed by atoms with Gasteiger partial charge in [0.15, 0.2) is 0 Å². The molecule has 3 aliphatic rings. The van der Waals surface area contributed by atoms with Crippen molar-refractivity contribution in [1.29, 1.82) is 0 Å². The topological polar surface area (TPSA) is 12.0 Å². The molecule has 0 radical (unpaired) electrons. The average molecular weight is 115 g/mol. The van der Waals surface area contributed by atoms with E-state index in [2.05, 4.69) is 5.32 Å². The number of nitrogens with one attached hydrogen (secondary N) is 1. The zero-order chi connectivity index (χ0) is 5.56. The van der Waals surface area contributed by atoms with Crippen LogP contribution in [0.5, 0.6) is 0 Å². The molecule has 2 heterocycles. The molecule has 3 atom stereocenters. The van der Waals surface area contributed by atoms with Crippen LogP contribution in [0.2, 0.25) is 0 Å². The fourth-order valence-electron chi connectivity index (χ4n) is 1.68. The van der Waals surface area contributed by atoms with Crippen molar-refractivity contribution in [3.05, 3.63) is 0 Å². The van der Waals surface area contributed by atoms with Gasteiger partial charge in [0.25, 0.3) is 0 Å². The quantitative estimate of drug-likeness (QED) is 0.486. The van der Waals surface area contributed by atoms with Crippen molar-refractivity contribution in [2.24, 2.45) is 11.8 Å². The Kier molecular flexibility index (Phi) is 0.852. The van der Waals surface area contributed by atoms with Crippen LogP contribution in [0.15, 0.2) is 0 Å². The summed E-state index contributed by atoms with van der Waals surface area (Å²) in [6.45, 7) is 1.83. The van der Waals surface area contributed by atoms with Crippen molar-refractivity contribution in [2.75, 3.05) is 13.1 Å². The predicted octanol–water partition coefficient (Wildman–Crippen LogP) is 0.564. The Bertz CT molecular complexity index is 90.7. The van der Waals surface area contributed by atoms with Gasteiger partial charge in [-0.15, -0.1) is 0 Å². The molecular weight excluding hydrogens is 105 g/mol. The Morgan fingerprint density at radius 1 is 1.25 bits per heavy atom. The van der Waals surface area contributed by atoms with Crippen LogP contribution in [0.3, 0.4) is 0 Å². The monoisotopic (exact) mass is 115 g/mol. The van der Waals surface area contributed by atoms with Crippen LogP contribution in [0.4, 0.5) is 4.39 Å². The van der Waals surface area contributed by atoms with Crippen LogP contribution in [0.1, 0.15) is 6.42 Å². The standard InChI is InChI=1S/C6H10FN/c7-6-4-1-5(6)3-8-2-4/h4-6,8H,1-3H2/t4-,5+,6?. The number of halogens is 1. The van der Waals surface area contributed by atoms with Crippen LogP contribution >= 0.6 is 0 Å². The molecule has 46 valence electrons. The fraction of sp³-hybridized carbons (Fsp3) is 1.00. The molecule has 1 nitrogen and oxygen atoms in total. The average Bonchev–Trinajstić information content (AvgIpc) is 1.89. The van der Waals surface area contributed by atoms with E-state index in [1.807, 2.05) is 0 Å². The van der Waals surface area contributed by atoms with Crippen molar-refractivity contribution in [1.82, 2.24) is 5.32 Å². The Morgan fingerprint density at radius 2 is 1.88 bits per heavy atom. The summed E-state index contributed by atoms with van der Waals surface area (Å²) in [4.78, 5) is 0. The number of hydrogen-bond donors (Lipinski definition) is 1. The normalized spacial score (nSPS) is 52.9. The maximum absolute atomic E-state index is 12.6. The minimum atomic E-state index is -0.462. The second-order valence-electron chi connectivity index (χ2n) is 2.86. The molecule has 0 spiro atoms. The Labute approximate surface area is 48.3 Å². The van der Waals surface area contributed by atoms with E-state index >= 15 is 0 Å². The fourth-order valence-corrected chi connectivity index (χ4v) is 1.68. The largest absolute Gasteiger partial charge is 0.316 e. The minimum absolute atomic E-state index is 0.369. The van der Waals surface area contributed by atoms with Crippen LogP contribution < -0.4 is 5.32 Å². The highest BCUT2D eigenvalue weighted by atomic mass is 19.1. The first-order chi connectivity index (χ1) is 3.88. The zero-order valence-corrected chi connectivity index (χ0v) is 4.73. The van der Waals surface area contributed by atoms with Gasteiger partial charge in [-0.3, -0.25) is 0 Å². The lowest BCUT2D eigenvalue weighted by molar-refractivity contribution is -0.000608. The summed E-state index contributed by atoms with van der Waals surface area (Å²) in [7, 11) is 0. The van der Waals surface area contributed by atoms with Crippen LogP contribution in [-0.4, -0.2) is 19.3 Å². The summed E-state index contributed by atoms with van der Waals surface area (Å²) in [5.74, 6) is 0.738. The van der Waals surface area contributed by atoms with E-state index in [4.69, 9.17) is 0 Å². The molecular formula is C6H10FN. The zero-order valence-electron chi connectivity index (χ0n) is 4.73. The summed E-state index contributed by atoms with van der Waals surface area (Å²) in [6, 6.07) is 0. The van der Waals surface area contributed by atoms with E-state index in [1.165, 1.54) is 0 Å². The lowest BCUT2D eigenvalue weighted by Crippen LogP contribution is -2.54. The van der Waals surface area contributed by atoms with Gasteiger partial charge in [0.2, 0.25) is 0 Å². The summed E-state index contributed by atoms with van der Waals surface area (Å²) in [6.07, 6.45) is 0.671. The highest BCUT2D eigenvalue weighted by Crippen LogP contribution is 2.38. The number of fused-ring (bicyclic) bond motifs is 2. The van der Waals surface area contributed by atoms with Gasteiger partial charge >= 0.3 is 0 Å². The molecule has 3 rings (SSSR count). The molecule has 8 heavy (non-hydrogen) atoms. The summed E-state index contributed by atoms with van der Waals surface area (Å²) >= 11 is 0. The summed E-state index contributed by atoms with van der Waals surface area (Å²) in [5.41, 5.74) is 0. The first kappa shape index (κ1) is 4.74. The van der Waals surface area contributed by atoms with E-state index < -0.39 is 6.17 Å². The molecule has 3 fully saturated rings. The highest BCUT2D eigenvalue weighted by Gasteiger charge is 2.43. The highest BCUT2D eigenvalue weighted by molar-refractivity contribution is 4.95. The van der Waals surface area contributed by atoms with Gasteiger partial charge in [-0.25, -0.2) is 4.39 Å². The second-order valence-corrected chi connectivity index (χ2v) is 2.86. The summed E-state index contributed by atoms with van der Waals surface area (Å²) in [5, 5.41) is 3.17. The number of rotatable bonds is 0. The van der Waals surface area contributed by atoms with Crippen LogP contribution in [0.25, 0.3) is 0 Å². The molecule has 0 aromatic rings. The smallest absolute Gasteiger partial charge is 0.108 e. The lowest BCUT2D eigenvalue weighted by Gasteiger charge is -2.44. The molecule has 0 amide bonds. The molecule has 1 unspecified atom stereocenters. The van der Waals surface area contributed by atoms with Gasteiger partial charge in [0.05, 0.1) is 0 Å². The van der Waals surface area contributed by atoms with Gasteiger partial charge in [-0.1, -0.05) is 0 Å². The minimum Gasteiger partial charge on any atom is -0.316 e. The molecule has 1 aliphatic carbocycles. The molecule has 2 heteroatoms. The SMILES string of the molecule is FC1[C@@H]2CNC[C@H]1C2. The Hall–Kier alpha value is -0.110. The molecule has 0 aromatic heterocycles. The van der Waals surface area contributed by atoms with Gasteiger partial charge in [-0.05, 0) is 6.42 Å². The van der Waals surface area contributed by atoms with Gasteiger partial charge in [-0.2, -0.15) is 0 Å². The third-order valence-corrected chi connectivity index (χ3v) is 2.32. The molecule has 2 aliphatic heterocycles. The van der Waals surface area contributed by atoms with Crippen molar-refractivity contribution >= 4 is 0 Å². The number of hydrogen-bond acceptors (Lipinski definition) is 1. The first-order valence-electron chi connectivity index (χ1n) is 3.22. The van der Waals surface area contributed by atoms with E-state index in [0.717, 1.165) is 19.5 Å². The molecule has 1 N–H and O–H groups in total. The molecule has 0 aromatic carbocycles. The lowest BCUT2D eigenvalue weighted by atomic mass is 9.70. The van der Waals surface area contributed by atoms with Crippen molar-refractivity contribution in [2.45, 2.75) is 12.6 Å². The van der Waals surface area contributed by atoms with Gasteiger partial charge in [0.1, 0.15) is 6.17 Å². The van der Waals surface area contributed by atoms with E-state index in [-0.39, 0.29) is 0 Å². The predicted molar refractivity (Wildman–Crippen MR) is 29.4 cm³/mol. The first-order valence-corrected chi connectivity index (χ1v) is 3.22.